The fourth-order valence-electron chi connectivity index (χ4n) is 2.73. The highest BCUT2D eigenvalue weighted by molar-refractivity contribution is 5.94. The molecular formula is C20H20FN3O2. The van der Waals surface area contributed by atoms with Gasteiger partial charge in [-0.1, -0.05) is 0 Å². The van der Waals surface area contributed by atoms with Crippen LogP contribution in [0.25, 0.3) is 10.9 Å². The number of pyridine rings is 1. The molecule has 0 spiro atoms. The van der Waals surface area contributed by atoms with Crippen LogP contribution in [0.2, 0.25) is 0 Å². The monoisotopic (exact) mass is 353 g/mol. The summed E-state index contributed by atoms with van der Waals surface area (Å²) in [6, 6.07) is 13.3. The van der Waals surface area contributed by atoms with Crippen LogP contribution in [0.15, 0.2) is 53.3 Å². The number of amides is 1. The van der Waals surface area contributed by atoms with E-state index in [0.29, 0.717) is 29.6 Å². The number of halogens is 1. The topological polar surface area (TPSA) is 65.2 Å². The summed E-state index contributed by atoms with van der Waals surface area (Å²) < 4.78 is 13.2. The third kappa shape index (κ3) is 3.91. The number of hydrogen-bond donors (Lipinski definition) is 2. The van der Waals surface area contributed by atoms with Gasteiger partial charge in [0.15, 0.2) is 0 Å². The predicted molar refractivity (Wildman–Crippen MR) is 101 cm³/mol. The summed E-state index contributed by atoms with van der Waals surface area (Å²) in [5, 5.41) is 3.57. The highest BCUT2D eigenvalue weighted by Gasteiger charge is 2.08. The van der Waals surface area contributed by atoms with Crippen LogP contribution in [0.3, 0.4) is 0 Å². The minimum absolute atomic E-state index is 0.186. The standard InChI is InChI=1S/C20H20FN3O2/c1-24(2)17-7-4-13(5-8-17)19(25)22-10-9-15-11-14-3-6-16(21)12-18(14)23-20(15)26/h3-8,11-12H,9-10H2,1-2H3,(H,22,25)(H,23,26). The molecule has 1 heterocycles. The van der Waals surface area contributed by atoms with Crippen molar-refractivity contribution >= 4 is 22.5 Å². The van der Waals surface area contributed by atoms with Crippen molar-refractivity contribution in [2.24, 2.45) is 0 Å². The van der Waals surface area contributed by atoms with Gasteiger partial charge in [0, 0.05) is 37.5 Å². The second-order valence-electron chi connectivity index (χ2n) is 6.30. The van der Waals surface area contributed by atoms with E-state index >= 15 is 0 Å². The van der Waals surface area contributed by atoms with Gasteiger partial charge in [0.2, 0.25) is 0 Å². The highest BCUT2D eigenvalue weighted by Crippen LogP contribution is 2.13. The summed E-state index contributed by atoms with van der Waals surface area (Å²) in [5.41, 5.74) is 2.32. The van der Waals surface area contributed by atoms with Crippen LogP contribution in [0.5, 0.6) is 0 Å². The van der Waals surface area contributed by atoms with Gasteiger partial charge in [-0.3, -0.25) is 9.59 Å². The van der Waals surface area contributed by atoms with Crippen molar-refractivity contribution in [1.82, 2.24) is 10.3 Å². The number of fused-ring (bicyclic) bond motifs is 1. The SMILES string of the molecule is CN(C)c1ccc(C(=O)NCCc2cc3ccc(F)cc3[nH]c2=O)cc1. The van der Waals surface area contributed by atoms with Crippen LogP contribution < -0.4 is 15.8 Å². The molecule has 0 saturated heterocycles. The zero-order valence-electron chi connectivity index (χ0n) is 14.7. The Balaban J connectivity index is 1.65. The molecule has 5 nitrogen and oxygen atoms in total. The molecule has 0 aliphatic rings. The van der Waals surface area contributed by atoms with E-state index in [1.807, 2.05) is 31.1 Å². The van der Waals surface area contributed by atoms with Gasteiger partial charge in [0.1, 0.15) is 5.82 Å². The predicted octanol–water partition coefficient (Wildman–Crippen LogP) is 2.71. The third-order valence-corrected chi connectivity index (χ3v) is 4.21. The molecule has 0 fully saturated rings. The lowest BCUT2D eigenvalue weighted by Crippen LogP contribution is -2.27. The van der Waals surface area contributed by atoms with Crippen LogP contribution in [0.4, 0.5) is 10.1 Å². The second-order valence-corrected chi connectivity index (χ2v) is 6.30. The molecule has 2 N–H and O–H groups in total. The summed E-state index contributed by atoms with van der Waals surface area (Å²) >= 11 is 0. The Morgan fingerprint density at radius 2 is 1.85 bits per heavy atom. The average molecular weight is 353 g/mol. The smallest absolute Gasteiger partial charge is 0.251 e. The van der Waals surface area contributed by atoms with E-state index in [1.54, 1.807) is 24.3 Å². The zero-order chi connectivity index (χ0) is 18.7. The van der Waals surface area contributed by atoms with Gasteiger partial charge in [-0.25, -0.2) is 4.39 Å². The van der Waals surface area contributed by atoms with Crippen molar-refractivity contribution in [1.29, 1.82) is 0 Å². The Hall–Kier alpha value is -3.15. The van der Waals surface area contributed by atoms with Gasteiger partial charge in [0.05, 0.1) is 5.52 Å². The summed E-state index contributed by atoms with van der Waals surface area (Å²) in [7, 11) is 3.87. The fraction of sp³-hybridized carbons (Fsp3) is 0.200. The maximum atomic E-state index is 13.2. The molecule has 1 aromatic heterocycles. The number of aromatic amines is 1. The molecule has 1 amide bonds. The van der Waals surface area contributed by atoms with Gasteiger partial charge in [0.25, 0.3) is 11.5 Å². The summed E-state index contributed by atoms with van der Waals surface area (Å²) in [6.07, 6.45) is 0.393. The lowest BCUT2D eigenvalue weighted by atomic mass is 10.1. The van der Waals surface area contributed by atoms with Gasteiger partial charge in [-0.15, -0.1) is 0 Å². The number of carbonyl (C=O) groups excluding carboxylic acids is 1. The summed E-state index contributed by atoms with van der Waals surface area (Å²) in [4.78, 5) is 28.9. The first-order chi connectivity index (χ1) is 12.4. The Labute approximate surface area is 150 Å². The number of hydrogen-bond acceptors (Lipinski definition) is 3. The van der Waals surface area contributed by atoms with Crippen molar-refractivity contribution in [3.05, 3.63) is 75.8 Å². The first-order valence-electron chi connectivity index (χ1n) is 8.31. The molecule has 3 aromatic rings. The fourth-order valence-corrected chi connectivity index (χ4v) is 2.73. The van der Waals surface area contributed by atoms with Crippen molar-refractivity contribution in [2.75, 3.05) is 25.5 Å². The normalized spacial score (nSPS) is 10.7. The zero-order valence-corrected chi connectivity index (χ0v) is 14.7. The Morgan fingerprint density at radius 3 is 2.54 bits per heavy atom. The number of aromatic nitrogens is 1. The molecule has 2 aromatic carbocycles. The Kier molecular flexibility index (Phi) is 5.02. The van der Waals surface area contributed by atoms with Crippen LogP contribution in [-0.4, -0.2) is 31.5 Å². The largest absolute Gasteiger partial charge is 0.378 e. The minimum Gasteiger partial charge on any atom is -0.378 e. The molecule has 0 atom stereocenters. The average Bonchev–Trinajstić information content (AvgIpc) is 2.62. The molecule has 0 radical (unpaired) electrons. The lowest BCUT2D eigenvalue weighted by molar-refractivity contribution is 0.0954. The van der Waals surface area contributed by atoms with Crippen LogP contribution in [0, 0.1) is 5.82 Å². The number of H-pyrrole nitrogens is 1. The highest BCUT2D eigenvalue weighted by atomic mass is 19.1. The second kappa shape index (κ2) is 7.39. The van der Waals surface area contributed by atoms with E-state index in [0.717, 1.165) is 11.1 Å². The van der Waals surface area contributed by atoms with E-state index < -0.39 is 5.82 Å². The minimum atomic E-state index is -0.395. The first kappa shape index (κ1) is 17.7. The lowest BCUT2D eigenvalue weighted by Gasteiger charge is -2.12. The van der Waals surface area contributed by atoms with Gasteiger partial charge in [-0.05, 0) is 60.3 Å². The molecule has 6 heteroatoms. The molecule has 3 rings (SSSR count). The molecule has 26 heavy (non-hydrogen) atoms. The molecule has 0 aliphatic carbocycles. The van der Waals surface area contributed by atoms with E-state index in [9.17, 15) is 14.0 Å². The molecule has 134 valence electrons. The summed E-state index contributed by atoms with van der Waals surface area (Å²) in [6.45, 7) is 0.337. The van der Waals surface area contributed by atoms with E-state index in [4.69, 9.17) is 0 Å². The third-order valence-electron chi connectivity index (χ3n) is 4.21. The number of nitrogens with one attached hydrogen (secondary N) is 2. The van der Waals surface area contributed by atoms with Crippen molar-refractivity contribution in [3.8, 4) is 0 Å². The molecule has 0 unspecified atom stereocenters. The van der Waals surface area contributed by atoms with Crippen LogP contribution >= 0.6 is 0 Å². The first-order valence-corrected chi connectivity index (χ1v) is 8.31. The van der Waals surface area contributed by atoms with Crippen LogP contribution in [0.1, 0.15) is 15.9 Å². The Morgan fingerprint density at radius 1 is 1.12 bits per heavy atom. The van der Waals surface area contributed by atoms with Crippen LogP contribution in [-0.2, 0) is 6.42 Å². The number of carbonyl (C=O) groups is 1. The molecule has 0 bridgehead atoms. The summed E-state index contributed by atoms with van der Waals surface area (Å²) in [5.74, 6) is -0.581. The van der Waals surface area contributed by atoms with Crippen molar-refractivity contribution < 1.29 is 9.18 Å². The number of nitrogens with zero attached hydrogens (tertiary/aromatic N) is 1. The maximum Gasteiger partial charge on any atom is 0.251 e. The van der Waals surface area contributed by atoms with E-state index in [1.165, 1.54) is 12.1 Å². The van der Waals surface area contributed by atoms with Crippen molar-refractivity contribution in [2.45, 2.75) is 6.42 Å². The van der Waals surface area contributed by atoms with E-state index in [-0.39, 0.29) is 11.5 Å². The quantitative estimate of drug-likeness (QED) is 0.741. The number of benzene rings is 2. The van der Waals surface area contributed by atoms with Gasteiger partial charge < -0.3 is 15.2 Å². The number of anilines is 1. The van der Waals surface area contributed by atoms with E-state index in [2.05, 4.69) is 10.3 Å². The maximum absolute atomic E-state index is 13.2. The molecule has 0 aliphatic heterocycles. The van der Waals surface area contributed by atoms with Gasteiger partial charge in [-0.2, -0.15) is 0 Å². The van der Waals surface area contributed by atoms with Gasteiger partial charge >= 0.3 is 0 Å². The molecular weight excluding hydrogens is 333 g/mol. The molecule has 0 saturated carbocycles. The van der Waals surface area contributed by atoms with Crippen molar-refractivity contribution in [3.63, 3.8) is 0 Å². The number of rotatable bonds is 5. The Bertz CT molecular complexity index is 994.